The second-order valence-electron chi connectivity index (χ2n) is 6.82. The van der Waals surface area contributed by atoms with E-state index in [9.17, 15) is 13.9 Å². The van der Waals surface area contributed by atoms with Gasteiger partial charge in [0.15, 0.2) is 11.6 Å². The molecule has 0 radical (unpaired) electrons. The molecule has 25 heavy (non-hydrogen) atoms. The Balaban J connectivity index is 1.58. The van der Waals surface area contributed by atoms with Crippen LogP contribution >= 0.6 is 0 Å². The quantitative estimate of drug-likeness (QED) is 0.872. The highest BCUT2D eigenvalue weighted by molar-refractivity contribution is 5.51. The van der Waals surface area contributed by atoms with Crippen LogP contribution in [0.5, 0.6) is 0 Å². The molecule has 7 heteroatoms. The molecule has 2 fully saturated rings. The maximum absolute atomic E-state index is 13.6. The van der Waals surface area contributed by atoms with Gasteiger partial charge in [-0.1, -0.05) is 6.07 Å². The van der Waals surface area contributed by atoms with Gasteiger partial charge in [0.2, 0.25) is 0 Å². The van der Waals surface area contributed by atoms with Crippen molar-refractivity contribution in [2.24, 2.45) is 5.92 Å². The molecular weight excluding hydrogens is 326 g/mol. The first kappa shape index (κ1) is 16.2. The summed E-state index contributed by atoms with van der Waals surface area (Å²) in [6.45, 7) is 1.29. The Morgan fingerprint density at radius 1 is 1.16 bits per heavy atom. The molecular formula is C18H20F2N4O. The molecule has 1 aromatic heterocycles. The van der Waals surface area contributed by atoms with Crippen LogP contribution in [-0.4, -0.2) is 34.3 Å². The molecule has 1 saturated heterocycles. The summed E-state index contributed by atoms with van der Waals surface area (Å²) in [6, 6.07) is 5.46. The van der Waals surface area contributed by atoms with E-state index in [0.717, 1.165) is 24.3 Å². The number of β-amino-alcohol motifs (C(OH)–C–C–N with tert-alkyl or cyclic N) is 1. The molecule has 0 bridgehead atoms. The Kier molecular flexibility index (Phi) is 4.25. The molecule has 1 saturated carbocycles. The minimum Gasteiger partial charge on any atom is -0.391 e. The molecule has 1 aliphatic heterocycles. The number of aliphatic hydroxyl groups excluding tert-OH is 1. The monoisotopic (exact) mass is 346 g/mol. The minimum absolute atomic E-state index is 0.253. The summed E-state index contributed by atoms with van der Waals surface area (Å²) >= 11 is 0. The highest BCUT2D eigenvalue weighted by Gasteiger charge is 2.33. The van der Waals surface area contributed by atoms with Crippen molar-refractivity contribution in [3.63, 3.8) is 0 Å². The van der Waals surface area contributed by atoms with Crippen molar-refractivity contribution in [2.45, 2.75) is 31.4 Å². The van der Waals surface area contributed by atoms with Gasteiger partial charge in [-0.05, 0) is 42.9 Å². The van der Waals surface area contributed by atoms with E-state index in [4.69, 9.17) is 0 Å². The number of anilines is 2. The Bertz CT molecular complexity index is 768. The van der Waals surface area contributed by atoms with Gasteiger partial charge in [-0.2, -0.15) is 0 Å². The second kappa shape index (κ2) is 6.55. The fourth-order valence-corrected chi connectivity index (χ4v) is 3.27. The van der Waals surface area contributed by atoms with Crippen LogP contribution in [0, 0.1) is 17.6 Å². The summed E-state index contributed by atoms with van der Waals surface area (Å²) < 4.78 is 26.8. The number of benzene rings is 1. The second-order valence-corrected chi connectivity index (χ2v) is 6.82. The van der Waals surface area contributed by atoms with Crippen molar-refractivity contribution < 1.29 is 13.9 Å². The van der Waals surface area contributed by atoms with Crippen LogP contribution in [0.15, 0.2) is 30.6 Å². The predicted molar refractivity (Wildman–Crippen MR) is 90.3 cm³/mol. The van der Waals surface area contributed by atoms with E-state index in [0.29, 0.717) is 24.3 Å². The molecule has 1 aromatic carbocycles. The molecule has 0 amide bonds. The molecule has 5 nitrogen and oxygen atoms in total. The third-order valence-electron chi connectivity index (χ3n) is 4.82. The first-order chi connectivity index (χ1) is 12.1. The van der Waals surface area contributed by atoms with Crippen molar-refractivity contribution in [3.05, 3.63) is 47.8 Å². The number of hydrogen-bond donors (Lipinski definition) is 2. The summed E-state index contributed by atoms with van der Waals surface area (Å²) in [5.74, 6) is 0.375. The first-order valence-corrected chi connectivity index (χ1v) is 8.55. The lowest BCUT2D eigenvalue weighted by Crippen LogP contribution is -2.25. The van der Waals surface area contributed by atoms with Crippen LogP contribution in [-0.2, 0) is 0 Å². The van der Waals surface area contributed by atoms with Crippen molar-refractivity contribution >= 4 is 11.6 Å². The third kappa shape index (κ3) is 3.56. The highest BCUT2D eigenvalue weighted by Crippen LogP contribution is 2.36. The zero-order valence-electron chi connectivity index (χ0n) is 13.7. The van der Waals surface area contributed by atoms with E-state index >= 15 is 0 Å². The smallest absolute Gasteiger partial charge is 0.159 e. The lowest BCUT2D eigenvalue weighted by atomic mass is 10.0. The fourth-order valence-electron chi connectivity index (χ4n) is 3.27. The van der Waals surface area contributed by atoms with E-state index < -0.39 is 17.7 Å². The Labute approximate surface area is 144 Å². The number of aromatic nitrogens is 2. The van der Waals surface area contributed by atoms with Crippen LogP contribution in [0.4, 0.5) is 20.4 Å². The van der Waals surface area contributed by atoms with Gasteiger partial charge in [0, 0.05) is 19.2 Å². The average molecular weight is 346 g/mol. The zero-order chi connectivity index (χ0) is 17.4. The fraction of sp³-hybridized carbons (Fsp3) is 0.444. The molecule has 1 aliphatic carbocycles. The number of nitrogens with one attached hydrogen (secondary N) is 1. The van der Waals surface area contributed by atoms with Crippen molar-refractivity contribution in [1.82, 2.24) is 9.97 Å². The van der Waals surface area contributed by atoms with Gasteiger partial charge in [0.05, 0.1) is 12.1 Å². The van der Waals surface area contributed by atoms with Gasteiger partial charge in [0.25, 0.3) is 0 Å². The molecule has 2 heterocycles. The topological polar surface area (TPSA) is 61.3 Å². The largest absolute Gasteiger partial charge is 0.391 e. The van der Waals surface area contributed by atoms with Crippen LogP contribution in [0.1, 0.15) is 30.9 Å². The molecule has 4 rings (SSSR count). The van der Waals surface area contributed by atoms with Crippen molar-refractivity contribution in [3.8, 4) is 0 Å². The summed E-state index contributed by atoms with van der Waals surface area (Å²) in [7, 11) is 0. The van der Waals surface area contributed by atoms with E-state index in [1.54, 1.807) is 6.07 Å². The predicted octanol–water partition coefficient (Wildman–Crippen LogP) is 2.89. The molecule has 2 atom stereocenters. The summed E-state index contributed by atoms with van der Waals surface area (Å²) in [6.07, 6.45) is 3.89. The van der Waals surface area contributed by atoms with Gasteiger partial charge in [-0.25, -0.2) is 18.7 Å². The van der Waals surface area contributed by atoms with Crippen LogP contribution in [0.2, 0.25) is 0 Å². The van der Waals surface area contributed by atoms with Gasteiger partial charge >= 0.3 is 0 Å². The van der Waals surface area contributed by atoms with Crippen LogP contribution in [0.25, 0.3) is 0 Å². The van der Waals surface area contributed by atoms with E-state index in [1.165, 1.54) is 25.2 Å². The van der Waals surface area contributed by atoms with Gasteiger partial charge in [-0.15, -0.1) is 0 Å². The lowest BCUT2D eigenvalue weighted by molar-refractivity contribution is 0.194. The summed E-state index contributed by atoms with van der Waals surface area (Å²) in [4.78, 5) is 10.5. The summed E-state index contributed by atoms with van der Waals surface area (Å²) in [5, 5.41) is 13.4. The molecule has 0 spiro atoms. The zero-order valence-corrected chi connectivity index (χ0v) is 13.7. The van der Waals surface area contributed by atoms with E-state index in [2.05, 4.69) is 15.3 Å². The van der Waals surface area contributed by atoms with Gasteiger partial charge < -0.3 is 15.3 Å². The summed E-state index contributed by atoms with van der Waals surface area (Å²) in [5.41, 5.74) is 0.626. The number of halogens is 2. The Hall–Kier alpha value is -2.28. The maximum Gasteiger partial charge on any atom is 0.159 e. The number of aliphatic hydroxyl groups is 1. The SMILES string of the molecule is O[C@H]1C[C@@H](c2ccc(F)c(F)c2)N(c2cc(NCC3CC3)ncn2)C1. The van der Waals surface area contributed by atoms with Crippen LogP contribution < -0.4 is 10.2 Å². The number of nitrogens with zero attached hydrogens (tertiary/aromatic N) is 3. The lowest BCUT2D eigenvalue weighted by Gasteiger charge is -2.26. The van der Waals surface area contributed by atoms with Crippen LogP contribution in [0.3, 0.4) is 0 Å². The van der Waals surface area contributed by atoms with E-state index in [1.807, 2.05) is 11.0 Å². The molecule has 2 aromatic rings. The van der Waals surface area contributed by atoms with Gasteiger partial charge in [0.1, 0.15) is 18.0 Å². The minimum atomic E-state index is -0.881. The Morgan fingerprint density at radius 3 is 2.76 bits per heavy atom. The van der Waals surface area contributed by atoms with Gasteiger partial charge in [-0.3, -0.25) is 0 Å². The average Bonchev–Trinajstić information content (AvgIpc) is 3.36. The van der Waals surface area contributed by atoms with E-state index in [-0.39, 0.29) is 6.04 Å². The molecule has 0 unspecified atom stereocenters. The maximum atomic E-state index is 13.6. The molecule has 132 valence electrons. The molecule has 2 N–H and O–H groups in total. The third-order valence-corrected chi connectivity index (χ3v) is 4.82. The number of hydrogen-bond acceptors (Lipinski definition) is 5. The Morgan fingerprint density at radius 2 is 2.00 bits per heavy atom. The van der Waals surface area contributed by atoms with Crippen molar-refractivity contribution in [2.75, 3.05) is 23.3 Å². The molecule has 2 aliphatic rings. The first-order valence-electron chi connectivity index (χ1n) is 8.55. The number of rotatable bonds is 5. The normalized spacial score (nSPS) is 23.1. The standard InChI is InChI=1S/C18H20F2N4O/c19-14-4-3-12(5-15(14)20)16-6-13(25)9-24(16)18-7-17(22-10-23-18)21-8-11-1-2-11/h3-5,7,10-11,13,16,25H,1-2,6,8-9H2,(H,21,22,23)/t13-,16-/m0/s1. The van der Waals surface area contributed by atoms with Crippen molar-refractivity contribution in [1.29, 1.82) is 0 Å². The highest BCUT2D eigenvalue weighted by atomic mass is 19.2.